The number of hydrogen-bond acceptors (Lipinski definition) is 6. The minimum absolute atomic E-state index is 0.0773. The maximum Gasteiger partial charge on any atom is 0.266 e. The second-order valence-electron chi connectivity index (χ2n) is 2.64. The molecule has 6 nitrogen and oxygen atoms in total. The van der Waals surface area contributed by atoms with E-state index in [0.717, 1.165) is 6.21 Å². The molecule has 0 radical (unpaired) electrons. The maximum absolute atomic E-state index is 10.9. The van der Waals surface area contributed by atoms with Gasteiger partial charge in [0.25, 0.3) is 5.24 Å². The van der Waals surface area contributed by atoms with Gasteiger partial charge in [0.2, 0.25) is 5.91 Å². The number of carbonyl (C=O) groups is 2. The van der Waals surface area contributed by atoms with Crippen LogP contribution in [0.2, 0.25) is 0 Å². The van der Waals surface area contributed by atoms with Crippen molar-refractivity contribution in [2.24, 2.45) is 5.16 Å². The Labute approximate surface area is 111 Å². The average Bonchev–Trinajstić information content (AvgIpc) is 2.72. The number of nitrogens with one attached hydrogen (secondary N) is 1. The normalized spacial score (nSPS) is 10.5. The zero-order valence-electron chi connectivity index (χ0n) is 8.35. The highest BCUT2D eigenvalue weighted by molar-refractivity contribution is 7.13. The number of alkyl halides is 1. The van der Waals surface area contributed by atoms with Crippen molar-refractivity contribution in [3.8, 4) is 0 Å². The van der Waals surface area contributed by atoms with Gasteiger partial charge < -0.3 is 10.2 Å². The molecule has 17 heavy (non-hydrogen) atoms. The minimum atomic E-state index is -0.724. The lowest BCUT2D eigenvalue weighted by Crippen LogP contribution is -2.12. The standard InChI is InChI=1S/C8H7Cl2N3O3S/c9-1-7(15)13-8-12-5(4-17-8)3-16-11-2-6(10)14/h2,4H,1,3H2,(H,12,13,15)/b11-2-. The molecule has 1 aromatic heterocycles. The molecule has 0 bridgehead atoms. The minimum Gasteiger partial charge on any atom is -0.389 e. The average molecular weight is 296 g/mol. The zero-order chi connectivity index (χ0) is 12.7. The van der Waals surface area contributed by atoms with E-state index in [1.54, 1.807) is 5.38 Å². The number of hydrogen-bond donors (Lipinski definition) is 1. The van der Waals surface area contributed by atoms with Gasteiger partial charge in [-0.05, 0) is 11.6 Å². The molecule has 92 valence electrons. The first-order chi connectivity index (χ1) is 8.11. The number of nitrogens with zero attached hydrogens (tertiary/aromatic N) is 2. The molecular weight excluding hydrogens is 289 g/mol. The molecule has 1 N–H and O–H groups in total. The smallest absolute Gasteiger partial charge is 0.266 e. The van der Waals surface area contributed by atoms with E-state index in [-0.39, 0.29) is 18.4 Å². The molecule has 0 fully saturated rings. The summed E-state index contributed by atoms with van der Waals surface area (Å²) in [5.41, 5.74) is 0.569. The largest absolute Gasteiger partial charge is 0.389 e. The second kappa shape index (κ2) is 7.21. The molecular formula is C8H7Cl2N3O3S. The molecule has 0 aliphatic heterocycles. The zero-order valence-corrected chi connectivity index (χ0v) is 10.7. The van der Waals surface area contributed by atoms with E-state index in [4.69, 9.17) is 28.0 Å². The Morgan fingerprint density at radius 2 is 2.41 bits per heavy atom. The molecule has 0 spiro atoms. The van der Waals surface area contributed by atoms with E-state index < -0.39 is 5.24 Å². The number of anilines is 1. The van der Waals surface area contributed by atoms with Crippen LogP contribution in [0.1, 0.15) is 5.69 Å². The van der Waals surface area contributed by atoms with Crippen LogP contribution in [0.3, 0.4) is 0 Å². The SMILES string of the molecule is O=C(Cl)/C=N\OCc1csc(NC(=O)CCl)n1. The third-order valence-corrected chi connectivity index (χ3v) is 2.51. The third kappa shape index (κ3) is 5.62. The van der Waals surface area contributed by atoms with Gasteiger partial charge >= 0.3 is 0 Å². The van der Waals surface area contributed by atoms with Crippen LogP contribution in [0.15, 0.2) is 10.5 Å². The number of oxime groups is 1. The summed E-state index contributed by atoms with van der Waals surface area (Å²) in [6.07, 6.45) is 0.837. The van der Waals surface area contributed by atoms with Crippen molar-refractivity contribution in [1.82, 2.24) is 4.98 Å². The summed E-state index contributed by atoms with van der Waals surface area (Å²) in [7, 11) is 0. The quantitative estimate of drug-likeness (QED) is 0.374. The van der Waals surface area contributed by atoms with Gasteiger partial charge in [0.1, 0.15) is 12.1 Å². The molecule has 1 rings (SSSR count). The first kappa shape index (κ1) is 13.9. The first-order valence-corrected chi connectivity index (χ1v) is 6.06. The highest BCUT2D eigenvalue weighted by atomic mass is 35.5. The van der Waals surface area contributed by atoms with Crippen molar-refractivity contribution in [1.29, 1.82) is 0 Å². The molecule has 0 unspecified atom stereocenters. The van der Waals surface area contributed by atoms with E-state index in [2.05, 4.69) is 15.5 Å². The van der Waals surface area contributed by atoms with Gasteiger partial charge in [-0.15, -0.1) is 22.9 Å². The fourth-order valence-electron chi connectivity index (χ4n) is 0.765. The predicted molar refractivity (Wildman–Crippen MR) is 65.6 cm³/mol. The second-order valence-corrected chi connectivity index (χ2v) is 4.14. The molecule has 0 atom stereocenters. The Morgan fingerprint density at radius 1 is 1.65 bits per heavy atom. The van der Waals surface area contributed by atoms with Crippen molar-refractivity contribution in [3.05, 3.63) is 11.1 Å². The lowest BCUT2D eigenvalue weighted by atomic mass is 10.5. The van der Waals surface area contributed by atoms with E-state index in [1.165, 1.54) is 11.3 Å². The summed E-state index contributed by atoms with van der Waals surface area (Å²) >= 11 is 11.5. The number of amides is 1. The molecule has 1 heterocycles. The van der Waals surface area contributed by atoms with Crippen LogP contribution < -0.4 is 5.32 Å². The van der Waals surface area contributed by atoms with E-state index >= 15 is 0 Å². The fraction of sp³-hybridized carbons (Fsp3) is 0.250. The first-order valence-electron chi connectivity index (χ1n) is 4.27. The molecule has 0 aliphatic rings. The molecule has 0 aliphatic carbocycles. The summed E-state index contributed by atoms with van der Waals surface area (Å²) in [5, 5.41) is 7.17. The van der Waals surface area contributed by atoms with Crippen molar-refractivity contribution in [3.63, 3.8) is 0 Å². The van der Waals surface area contributed by atoms with Crippen LogP contribution in [0.4, 0.5) is 5.13 Å². The van der Waals surface area contributed by atoms with Crippen LogP contribution in [-0.2, 0) is 21.0 Å². The Bertz CT molecular complexity index is 435. The molecule has 1 aromatic rings. The monoisotopic (exact) mass is 295 g/mol. The van der Waals surface area contributed by atoms with Crippen molar-refractivity contribution in [2.45, 2.75) is 6.61 Å². The van der Waals surface area contributed by atoms with Crippen LogP contribution in [-0.4, -0.2) is 28.2 Å². The summed E-state index contributed by atoms with van der Waals surface area (Å²) in [5.74, 6) is -0.465. The fourth-order valence-corrected chi connectivity index (χ4v) is 1.58. The molecule has 0 saturated carbocycles. The number of thiazole rings is 1. The molecule has 0 saturated heterocycles. The van der Waals surface area contributed by atoms with Gasteiger partial charge in [-0.25, -0.2) is 4.98 Å². The Balaban J connectivity index is 2.40. The molecule has 0 aromatic carbocycles. The number of aromatic nitrogens is 1. The topological polar surface area (TPSA) is 80.6 Å². The van der Waals surface area contributed by atoms with Gasteiger partial charge in [-0.2, -0.15) is 0 Å². The van der Waals surface area contributed by atoms with Crippen LogP contribution in [0, 0.1) is 0 Å². The number of halogens is 2. The van der Waals surface area contributed by atoms with Gasteiger partial charge in [-0.3, -0.25) is 9.59 Å². The number of rotatable bonds is 6. The molecule has 9 heteroatoms. The summed E-state index contributed by atoms with van der Waals surface area (Å²) in [6, 6.07) is 0. The van der Waals surface area contributed by atoms with Crippen LogP contribution in [0.25, 0.3) is 0 Å². The highest BCUT2D eigenvalue weighted by Crippen LogP contribution is 2.15. The van der Waals surface area contributed by atoms with E-state index in [1.807, 2.05) is 0 Å². The molecule has 1 amide bonds. The van der Waals surface area contributed by atoms with Gasteiger partial charge in [0.05, 0.1) is 5.69 Å². The van der Waals surface area contributed by atoms with Crippen LogP contribution >= 0.6 is 34.5 Å². The van der Waals surface area contributed by atoms with Crippen molar-refractivity contribution >= 4 is 57.0 Å². The van der Waals surface area contributed by atoms with Gasteiger partial charge in [-0.1, -0.05) is 5.16 Å². The van der Waals surface area contributed by atoms with Crippen molar-refractivity contribution < 1.29 is 14.4 Å². The van der Waals surface area contributed by atoms with Gasteiger partial charge in [0.15, 0.2) is 11.7 Å². The van der Waals surface area contributed by atoms with Crippen molar-refractivity contribution in [2.75, 3.05) is 11.2 Å². The van der Waals surface area contributed by atoms with E-state index in [9.17, 15) is 9.59 Å². The Kier molecular flexibility index (Phi) is 5.88. The Morgan fingerprint density at radius 3 is 3.06 bits per heavy atom. The maximum atomic E-state index is 10.9. The highest BCUT2D eigenvalue weighted by Gasteiger charge is 2.05. The van der Waals surface area contributed by atoms with E-state index in [0.29, 0.717) is 10.8 Å². The third-order valence-electron chi connectivity index (χ3n) is 1.36. The summed E-state index contributed by atoms with van der Waals surface area (Å²) in [6.45, 7) is 0.0773. The summed E-state index contributed by atoms with van der Waals surface area (Å²) in [4.78, 5) is 30.0. The predicted octanol–water partition coefficient (Wildman–Crippen LogP) is 1.59. The lowest BCUT2D eigenvalue weighted by molar-refractivity contribution is -0.114. The van der Waals surface area contributed by atoms with Gasteiger partial charge in [0, 0.05) is 5.38 Å². The Hall–Kier alpha value is -1.18. The van der Waals surface area contributed by atoms with Crippen LogP contribution in [0.5, 0.6) is 0 Å². The number of carbonyl (C=O) groups excluding carboxylic acids is 2. The summed E-state index contributed by atoms with van der Waals surface area (Å²) < 4.78 is 0. The lowest BCUT2D eigenvalue weighted by Gasteiger charge is -1.96.